The number of carboxylic acid groups (broad SMARTS) is 1. The SMILES string of the molecule is C=CC(=O)O.FC(F)=C(F)C(F)(F)F. The van der Waals surface area contributed by atoms with Crippen LogP contribution in [0.5, 0.6) is 0 Å². The second-order valence-electron chi connectivity index (χ2n) is 1.61. The lowest BCUT2D eigenvalue weighted by Crippen LogP contribution is -2.08. The van der Waals surface area contributed by atoms with Gasteiger partial charge in [-0.3, -0.25) is 0 Å². The van der Waals surface area contributed by atoms with Gasteiger partial charge >= 0.3 is 18.2 Å². The summed E-state index contributed by atoms with van der Waals surface area (Å²) in [7, 11) is 0. The van der Waals surface area contributed by atoms with Gasteiger partial charge in [-0.2, -0.15) is 26.3 Å². The van der Waals surface area contributed by atoms with Crippen LogP contribution in [0.3, 0.4) is 0 Å². The van der Waals surface area contributed by atoms with Crippen molar-refractivity contribution >= 4 is 5.97 Å². The second kappa shape index (κ2) is 6.06. The summed E-state index contributed by atoms with van der Waals surface area (Å²) in [5, 5.41) is 7.60. The summed E-state index contributed by atoms with van der Waals surface area (Å²) in [6.45, 7) is 2.96. The van der Waals surface area contributed by atoms with Gasteiger partial charge in [0.2, 0.25) is 0 Å². The molecule has 0 aliphatic rings. The van der Waals surface area contributed by atoms with Gasteiger partial charge < -0.3 is 5.11 Å². The van der Waals surface area contributed by atoms with Gasteiger partial charge in [-0.05, 0) is 0 Å². The van der Waals surface area contributed by atoms with Gasteiger partial charge in [0, 0.05) is 6.08 Å². The Hall–Kier alpha value is -1.47. The molecular formula is C6H4F6O2. The van der Waals surface area contributed by atoms with Crippen LogP contribution in [0, 0.1) is 0 Å². The molecule has 0 aromatic carbocycles. The molecule has 8 heteroatoms. The molecule has 82 valence electrons. The monoisotopic (exact) mass is 222 g/mol. The van der Waals surface area contributed by atoms with Crippen molar-refractivity contribution in [1.29, 1.82) is 0 Å². The zero-order valence-electron chi connectivity index (χ0n) is 6.41. The summed E-state index contributed by atoms with van der Waals surface area (Å²) >= 11 is 0. The Morgan fingerprint density at radius 3 is 1.50 bits per heavy atom. The fraction of sp³-hybridized carbons (Fsp3) is 0.167. The number of alkyl halides is 3. The quantitative estimate of drug-likeness (QED) is 0.547. The fourth-order valence-electron chi connectivity index (χ4n) is 0.107. The van der Waals surface area contributed by atoms with Crippen molar-refractivity contribution in [3.8, 4) is 0 Å². The number of hydrogen-bond donors (Lipinski definition) is 1. The molecule has 0 rings (SSSR count). The number of hydrogen-bond acceptors (Lipinski definition) is 1. The summed E-state index contributed by atoms with van der Waals surface area (Å²) in [6.07, 6.45) is -8.07. The van der Waals surface area contributed by atoms with E-state index in [2.05, 4.69) is 6.58 Å². The van der Waals surface area contributed by atoms with E-state index in [1.165, 1.54) is 0 Å². The highest BCUT2D eigenvalue weighted by molar-refractivity contribution is 5.78. The van der Waals surface area contributed by atoms with E-state index in [4.69, 9.17) is 5.11 Å². The highest BCUT2D eigenvalue weighted by Gasteiger charge is 2.38. The van der Waals surface area contributed by atoms with Crippen LogP contribution in [0.4, 0.5) is 26.3 Å². The number of halogens is 6. The molecule has 0 saturated heterocycles. The van der Waals surface area contributed by atoms with Crippen LogP contribution in [-0.4, -0.2) is 17.3 Å². The second-order valence-corrected chi connectivity index (χ2v) is 1.61. The molecule has 0 saturated carbocycles. The molecule has 0 aliphatic carbocycles. The van der Waals surface area contributed by atoms with Gasteiger partial charge in [-0.15, -0.1) is 0 Å². The largest absolute Gasteiger partial charge is 0.478 e. The first-order valence-electron chi connectivity index (χ1n) is 2.76. The Kier molecular flexibility index (Phi) is 6.50. The highest BCUT2D eigenvalue weighted by Crippen LogP contribution is 2.29. The molecule has 0 fully saturated rings. The van der Waals surface area contributed by atoms with E-state index < -0.39 is 24.1 Å². The predicted molar refractivity (Wildman–Crippen MR) is 34.2 cm³/mol. The van der Waals surface area contributed by atoms with E-state index in [0.717, 1.165) is 6.08 Å². The van der Waals surface area contributed by atoms with Gasteiger partial charge in [0.1, 0.15) is 0 Å². The third-order valence-corrected chi connectivity index (χ3v) is 0.589. The lowest BCUT2D eigenvalue weighted by Gasteiger charge is -1.98. The van der Waals surface area contributed by atoms with E-state index in [1.807, 2.05) is 0 Å². The normalized spacial score (nSPS) is 9.57. The van der Waals surface area contributed by atoms with Gasteiger partial charge in [0.05, 0.1) is 0 Å². The average molecular weight is 222 g/mol. The van der Waals surface area contributed by atoms with Crippen molar-refractivity contribution in [3.63, 3.8) is 0 Å². The Balaban J connectivity index is 0. The minimum Gasteiger partial charge on any atom is -0.478 e. The summed E-state index contributed by atoms with van der Waals surface area (Å²) in [4.78, 5) is 9.25. The lowest BCUT2D eigenvalue weighted by atomic mass is 10.6. The third kappa shape index (κ3) is 8.62. The van der Waals surface area contributed by atoms with Crippen molar-refractivity contribution in [2.24, 2.45) is 0 Å². The Labute approximate surface area is 74.1 Å². The van der Waals surface area contributed by atoms with Gasteiger partial charge in [0.25, 0.3) is 5.83 Å². The van der Waals surface area contributed by atoms with Crippen LogP contribution in [0.2, 0.25) is 0 Å². The van der Waals surface area contributed by atoms with Crippen LogP contribution in [0.15, 0.2) is 24.6 Å². The minimum absolute atomic E-state index is 0.833. The summed E-state index contributed by atoms with van der Waals surface area (Å²) in [5.74, 6) is -4.31. The van der Waals surface area contributed by atoms with Gasteiger partial charge in [-0.25, -0.2) is 4.79 Å². The number of aliphatic carboxylic acids is 1. The first kappa shape index (κ1) is 15.0. The molecule has 0 spiro atoms. The van der Waals surface area contributed by atoms with E-state index in [0.29, 0.717) is 0 Å². The minimum atomic E-state index is -5.56. The molecule has 1 N–H and O–H groups in total. The van der Waals surface area contributed by atoms with E-state index in [1.54, 1.807) is 0 Å². The molecule has 0 aromatic rings. The van der Waals surface area contributed by atoms with E-state index in [-0.39, 0.29) is 0 Å². The zero-order valence-corrected chi connectivity index (χ0v) is 6.41. The van der Waals surface area contributed by atoms with Crippen LogP contribution in [-0.2, 0) is 4.79 Å². The summed E-state index contributed by atoms with van der Waals surface area (Å²) in [6, 6.07) is 0. The van der Waals surface area contributed by atoms with E-state index >= 15 is 0 Å². The molecule has 0 aromatic heterocycles. The van der Waals surface area contributed by atoms with Crippen LogP contribution >= 0.6 is 0 Å². The first-order valence-corrected chi connectivity index (χ1v) is 2.76. The number of carbonyl (C=O) groups is 1. The van der Waals surface area contributed by atoms with E-state index in [9.17, 15) is 31.1 Å². The zero-order chi connectivity index (χ0) is 11.9. The van der Waals surface area contributed by atoms with Crippen LogP contribution < -0.4 is 0 Å². The molecule has 0 aliphatic heterocycles. The maximum absolute atomic E-state index is 11.0. The van der Waals surface area contributed by atoms with Crippen molar-refractivity contribution in [3.05, 3.63) is 24.6 Å². The number of carboxylic acids is 1. The number of rotatable bonds is 1. The van der Waals surface area contributed by atoms with Gasteiger partial charge in [0.15, 0.2) is 0 Å². The summed E-state index contributed by atoms with van der Waals surface area (Å²) in [5.41, 5.74) is 0. The predicted octanol–water partition coefficient (Wildman–Crippen LogP) is 2.88. The van der Waals surface area contributed by atoms with Crippen LogP contribution in [0.25, 0.3) is 0 Å². The van der Waals surface area contributed by atoms with Crippen LogP contribution in [0.1, 0.15) is 0 Å². The third-order valence-electron chi connectivity index (χ3n) is 0.589. The molecule has 0 amide bonds. The molecule has 2 nitrogen and oxygen atoms in total. The Morgan fingerprint density at radius 1 is 1.21 bits per heavy atom. The maximum Gasteiger partial charge on any atom is 0.448 e. The summed E-state index contributed by atoms with van der Waals surface area (Å²) < 4.78 is 64.8. The van der Waals surface area contributed by atoms with Crippen molar-refractivity contribution in [2.45, 2.75) is 6.18 Å². The molecule has 14 heavy (non-hydrogen) atoms. The highest BCUT2D eigenvalue weighted by atomic mass is 19.4. The fourth-order valence-corrected chi connectivity index (χ4v) is 0.107. The molecular weight excluding hydrogens is 218 g/mol. The number of allylic oxidation sites excluding steroid dienone is 1. The maximum atomic E-state index is 11.0. The van der Waals surface area contributed by atoms with Gasteiger partial charge in [-0.1, -0.05) is 6.58 Å². The smallest absolute Gasteiger partial charge is 0.448 e. The molecule has 0 unspecified atom stereocenters. The topological polar surface area (TPSA) is 37.3 Å². The van der Waals surface area contributed by atoms with Crippen molar-refractivity contribution in [1.82, 2.24) is 0 Å². The van der Waals surface area contributed by atoms with Crippen molar-refractivity contribution < 1.29 is 36.2 Å². The molecule has 0 atom stereocenters. The molecule has 0 heterocycles. The lowest BCUT2D eigenvalue weighted by molar-refractivity contribution is -0.131. The average Bonchev–Trinajstić information content (AvgIpc) is 2.02. The van der Waals surface area contributed by atoms with Crippen molar-refractivity contribution in [2.75, 3.05) is 0 Å². The standard InChI is InChI=1S/C3F6.C3H4O2/c4-1(2(5)6)3(7,8)9;1-2-3(4)5/h;2H,1H2,(H,4,5). The molecule has 0 bridgehead atoms. The first-order chi connectivity index (χ1) is 6.12. The molecule has 0 radical (unpaired) electrons. The Bertz CT molecular complexity index is 237. The Morgan fingerprint density at radius 2 is 1.50 bits per heavy atom.